The largest absolute Gasteiger partial charge is 0.470 e. The Labute approximate surface area is 382 Å². The molecule has 0 aliphatic carbocycles. The van der Waals surface area contributed by atoms with Gasteiger partial charge in [-0.15, -0.1) is 0 Å². The number of nitro benzene ring substituents is 1. The number of benzene rings is 3. The smallest absolute Gasteiger partial charge is 0.269 e. The summed E-state index contributed by atoms with van der Waals surface area (Å²) >= 11 is 0. The molecule has 5 aromatic heterocycles. The van der Waals surface area contributed by atoms with Gasteiger partial charge < -0.3 is 19.2 Å². The number of pyridine rings is 2. The molecule has 8 rings (SSSR count). The van der Waals surface area contributed by atoms with Crippen molar-refractivity contribution in [1.29, 1.82) is 0 Å². The van der Waals surface area contributed by atoms with Crippen molar-refractivity contribution in [3.8, 4) is 0 Å². The van der Waals surface area contributed by atoms with E-state index in [-0.39, 0.29) is 10.6 Å². The van der Waals surface area contributed by atoms with Crippen LogP contribution in [0.4, 0.5) is 17.1 Å². The average molecular weight is 871 g/mol. The molecule has 5 heterocycles. The number of nitrogens with zero attached hydrogens (tertiary/aromatic N) is 8. The Balaban J connectivity index is 0.000000369. The molecular formula is C52H72N9O3+3. The Kier molecular flexibility index (Phi) is 26.9. The van der Waals surface area contributed by atoms with Crippen molar-refractivity contribution >= 4 is 17.1 Å². The second-order valence-corrected chi connectivity index (χ2v) is 15.2. The SMILES string of the molecule is CNc1cc[n+](C)cc1.Cc1cc[n+](C)cc1.Cc1ccc(N(C)C)cc1.Cc1ccc([N+](=O)[O-])cc1C.Cc1ccccc1.Cc1ccco1.Cn1cc[n+](C)c1.Cn1ccnc1. The molecule has 0 amide bonds. The number of anilines is 2. The summed E-state index contributed by atoms with van der Waals surface area (Å²) in [4.78, 5) is 15.8. The fraction of sp³-hybridized carbons (Fsp3) is 0.269. The van der Waals surface area contributed by atoms with Crippen molar-refractivity contribution in [3.05, 3.63) is 221 Å². The monoisotopic (exact) mass is 871 g/mol. The Bertz CT molecular complexity index is 2290. The molecule has 0 saturated heterocycles. The van der Waals surface area contributed by atoms with Crippen LogP contribution in [-0.2, 0) is 35.2 Å². The summed E-state index contributed by atoms with van der Waals surface area (Å²) in [5, 5.41) is 13.3. The molecule has 0 saturated carbocycles. The van der Waals surface area contributed by atoms with E-state index in [9.17, 15) is 10.1 Å². The van der Waals surface area contributed by atoms with Crippen LogP contribution in [0.3, 0.4) is 0 Å². The highest BCUT2D eigenvalue weighted by Gasteiger charge is 2.04. The van der Waals surface area contributed by atoms with Crippen LogP contribution in [-0.4, -0.2) is 40.2 Å². The van der Waals surface area contributed by atoms with Crippen molar-refractivity contribution in [1.82, 2.24) is 14.1 Å². The van der Waals surface area contributed by atoms with Gasteiger partial charge in [-0.05, 0) is 82.5 Å². The van der Waals surface area contributed by atoms with Gasteiger partial charge in [0.2, 0.25) is 6.33 Å². The first-order valence-electron chi connectivity index (χ1n) is 20.8. The van der Waals surface area contributed by atoms with Gasteiger partial charge >= 0.3 is 0 Å². The van der Waals surface area contributed by atoms with Crippen molar-refractivity contribution in [3.63, 3.8) is 0 Å². The van der Waals surface area contributed by atoms with E-state index in [4.69, 9.17) is 4.42 Å². The first kappa shape index (κ1) is 54.7. The van der Waals surface area contributed by atoms with Crippen molar-refractivity contribution in [2.45, 2.75) is 41.5 Å². The molecule has 0 bridgehead atoms. The summed E-state index contributed by atoms with van der Waals surface area (Å²) in [6, 6.07) is 35.6. The molecule has 0 fully saturated rings. The van der Waals surface area contributed by atoms with E-state index in [2.05, 4.69) is 84.5 Å². The minimum Gasteiger partial charge on any atom is -0.470 e. The van der Waals surface area contributed by atoms with Crippen LogP contribution in [0.2, 0.25) is 0 Å². The fourth-order valence-corrected chi connectivity index (χ4v) is 4.72. The molecule has 0 aliphatic heterocycles. The molecular weight excluding hydrogens is 799 g/mol. The van der Waals surface area contributed by atoms with Crippen LogP contribution >= 0.6 is 0 Å². The first-order valence-corrected chi connectivity index (χ1v) is 20.8. The van der Waals surface area contributed by atoms with Gasteiger partial charge in [-0.1, -0.05) is 59.7 Å². The zero-order valence-corrected chi connectivity index (χ0v) is 40.5. The number of aromatic nitrogens is 6. The predicted molar refractivity (Wildman–Crippen MR) is 262 cm³/mol. The van der Waals surface area contributed by atoms with Gasteiger partial charge in [-0.25, -0.2) is 23.3 Å². The van der Waals surface area contributed by atoms with E-state index in [1.165, 1.54) is 28.4 Å². The Morgan fingerprint density at radius 3 is 1.52 bits per heavy atom. The molecule has 0 aliphatic rings. The fourth-order valence-electron chi connectivity index (χ4n) is 4.72. The summed E-state index contributed by atoms with van der Waals surface area (Å²) in [6.07, 6.45) is 21.1. The standard InChI is InChI=1S/C9H13N.C8H9NO2.C7H10N2.C7H10N.C7H8.C5H9N2.C5H6O.C4H6N2/c1-8-4-6-9(7-5-8)10(2)3;1-6-3-4-8(9(10)11)5-7(6)2;1-8-7-3-5-9(2)6-4-7;1-7-3-5-8(2)6-4-7;1-7-5-3-2-4-6-7;1-6-3-4-7(2)5-6;1-5-3-2-4-6-5;1-6-3-2-5-4-6/h4-7H,1-3H3;3-5H,1-2H3;3-6H,1-2H3;3-6H,1-2H3;2-6H,1H3;3-5H,1-2H3;2*2-4H,1H3/q;;;+1;;+1;;/p+1. The number of furan rings is 1. The zero-order chi connectivity index (χ0) is 47.9. The number of nitro groups is 1. The molecule has 0 radical (unpaired) electrons. The van der Waals surface area contributed by atoms with Crippen LogP contribution in [0.5, 0.6) is 0 Å². The van der Waals surface area contributed by atoms with Crippen LogP contribution in [0.25, 0.3) is 0 Å². The van der Waals surface area contributed by atoms with Gasteiger partial charge in [-0.2, -0.15) is 0 Å². The van der Waals surface area contributed by atoms with Crippen LogP contribution < -0.4 is 23.9 Å². The number of nitrogens with one attached hydrogen (secondary N) is 1. The molecule has 340 valence electrons. The van der Waals surface area contributed by atoms with Crippen molar-refractivity contribution < 1.29 is 23.0 Å². The lowest BCUT2D eigenvalue weighted by atomic mass is 10.1. The molecule has 8 aromatic rings. The summed E-state index contributed by atoms with van der Waals surface area (Å²) in [6.45, 7) is 12.0. The van der Waals surface area contributed by atoms with E-state index in [0.717, 1.165) is 22.6 Å². The molecule has 0 atom stereocenters. The van der Waals surface area contributed by atoms with E-state index in [1.54, 1.807) is 30.9 Å². The molecule has 12 nitrogen and oxygen atoms in total. The Hall–Kier alpha value is -7.34. The normalized spacial score (nSPS) is 9.22. The lowest BCUT2D eigenvalue weighted by molar-refractivity contribution is -0.671. The van der Waals surface area contributed by atoms with Gasteiger partial charge in [0, 0.05) is 88.4 Å². The third kappa shape index (κ3) is 26.8. The van der Waals surface area contributed by atoms with E-state index < -0.39 is 0 Å². The number of hydrogen-bond donors (Lipinski definition) is 1. The number of aryl methyl sites for hydroxylation is 11. The first-order chi connectivity index (χ1) is 30.4. The minimum atomic E-state index is -0.382. The van der Waals surface area contributed by atoms with Crippen LogP contribution in [0.1, 0.15) is 33.6 Å². The van der Waals surface area contributed by atoms with Gasteiger partial charge in [0.15, 0.2) is 24.8 Å². The highest BCUT2D eigenvalue weighted by Crippen LogP contribution is 2.15. The number of imidazole rings is 2. The van der Waals surface area contributed by atoms with Crippen LogP contribution in [0.15, 0.2) is 182 Å². The third-order valence-electron chi connectivity index (χ3n) is 8.81. The molecule has 64 heavy (non-hydrogen) atoms. The lowest BCUT2D eigenvalue weighted by Gasteiger charge is -2.11. The number of non-ortho nitro benzene ring substituents is 1. The van der Waals surface area contributed by atoms with E-state index in [0.29, 0.717) is 0 Å². The van der Waals surface area contributed by atoms with Gasteiger partial charge in [0.05, 0.1) is 31.6 Å². The summed E-state index contributed by atoms with van der Waals surface area (Å²) in [5.74, 6) is 0.968. The minimum absolute atomic E-state index is 0.160. The highest BCUT2D eigenvalue weighted by molar-refractivity contribution is 5.45. The molecule has 1 N–H and O–H groups in total. The zero-order valence-electron chi connectivity index (χ0n) is 40.5. The Morgan fingerprint density at radius 2 is 1.20 bits per heavy atom. The Morgan fingerprint density at radius 1 is 0.641 bits per heavy atom. The third-order valence-corrected chi connectivity index (χ3v) is 8.81. The number of hydrogen-bond acceptors (Lipinski definition) is 6. The molecule has 0 spiro atoms. The van der Waals surface area contributed by atoms with Gasteiger partial charge in [0.25, 0.3) is 5.69 Å². The van der Waals surface area contributed by atoms with Crippen LogP contribution in [0, 0.1) is 51.7 Å². The number of rotatable bonds is 3. The maximum absolute atomic E-state index is 10.3. The lowest BCUT2D eigenvalue weighted by Crippen LogP contribution is -2.25. The second kappa shape index (κ2) is 31.5. The highest BCUT2D eigenvalue weighted by atomic mass is 16.6. The summed E-state index contributed by atoms with van der Waals surface area (Å²) < 4.78 is 14.7. The van der Waals surface area contributed by atoms with Crippen molar-refractivity contribution in [2.75, 3.05) is 31.4 Å². The van der Waals surface area contributed by atoms with Gasteiger partial charge in [0.1, 0.15) is 32.2 Å². The molecule has 0 unspecified atom stereocenters. The van der Waals surface area contributed by atoms with Crippen molar-refractivity contribution in [2.24, 2.45) is 35.2 Å². The summed E-state index contributed by atoms with van der Waals surface area (Å²) in [7, 11) is 16.0. The topological polar surface area (TPSA) is 106 Å². The van der Waals surface area contributed by atoms with Gasteiger partial charge in [-0.3, -0.25) is 10.1 Å². The maximum atomic E-state index is 10.3. The maximum Gasteiger partial charge on any atom is 0.269 e. The second-order valence-electron chi connectivity index (χ2n) is 15.2. The quantitative estimate of drug-likeness (QED) is 0.108. The van der Waals surface area contributed by atoms with E-state index in [1.807, 2.05) is 192 Å². The predicted octanol–water partition coefficient (Wildman–Crippen LogP) is 9.50. The summed E-state index contributed by atoms with van der Waals surface area (Å²) in [5.41, 5.74) is 8.54. The molecule has 12 heteroatoms. The van der Waals surface area contributed by atoms with E-state index >= 15 is 0 Å². The molecule has 3 aromatic carbocycles. The average Bonchev–Trinajstić information content (AvgIpc) is 4.06.